The molecule has 1 aliphatic rings. The molecule has 0 radical (unpaired) electrons. The summed E-state index contributed by atoms with van der Waals surface area (Å²) in [6.45, 7) is 5.46. The number of nitrogens with zero attached hydrogens (tertiary/aromatic N) is 4. The number of aromatic nitrogens is 2. The highest BCUT2D eigenvalue weighted by Crippen LogP contribution is 2.14. The van der Waals surface area contributed by atoms with E-state index in [1.54, 1.807) is 16.7 Å². The third kappa shape index (κ3) is 3.08. The lowest BCUT2D eigenvalue weighted by molar-refractivity contribution is 0.0512. The maximum atomic E-state index is 12.6. The smallest absolute Gasteiger partial charge is 0.311 e. The van der Waals surface area contributed by atoms with Gasteiger partial charge in [0.15, 0.2) is 0 Å². The van der Waals surface area contributed by atoms with Crippen molar-refractivity contribution in [3.63, 3.8) is 0 Å². The number of amides is 2. The van der Waals surface area contributed by atoms with Gasteiger partial charge in [-0.25, -0.2) is 0 Å². The summed E-state index contributed by atoms with van der Waals surface area (Å²) in [6.07, 6.45) is 0. The summed E-state index contributed by atoms with van der Waals surface area (Å²) in [5.41, 5.74) is 1.66. The Labute approximate surface area is 133 Å². The van der Waals surface area contributed by atoms with Crippen LogP contribution in [0, 0.1) is 13.8 Å². The molecular formula is C16H18N4O3. The first-order valence-electron chi connectivity index (χ1n) is 7.50. The Kier molecular flexibility index (Phi) is 4.10. The van der Waals surface area contributed by atoms with Crippen molar-refractivity contribution >= 4 is 11.8 Å². The number of hydrogen-bond donors (Lipinski definition) is 0. The topological polar surface area (TPSA) is 79.5 Å². The van der Waals surface area contributed by atoms with Crippen LogP contribution in [0.15, 0.2) is 28.7 Å². The second-order valence-corrected chi connectivity index (χ2v) is 5.53. The van der Waals surface area contributed by atoms with Gasteiger partial charge in [0.1, 0.15) is 0 Å². The zero-order valence-electron chi connectivity index (χ0n) is 13.2. The molecule has 1 fully saturated rings. The summed E-state index contributed by atoms with van der Waals surface area (Å²) in [7, 11) is 0. The third-order valence-corrected chi connectivity index (χ3v) is 3.94. The van der Waals surface area contributed by atoms with Crippen LogP contribution in [0.3, 0.4) is 0 Å². The van der Waals surface area contributed by atoms with Gasteiger partial charge in [-0.2, -0.15) is 0 Å². The number of hydrogen-bond acceptors (Lipinski definition) is 5. The van der Waals surface area contributed by atoms with Crippen molar-refractivity contribution in [2.24, 2.45) is 0 Å². The predicted octanol–water partition coefficient (Wildman–Crippen LogP) is 1.28. The molecule has 0 bridgehead atoms. The molecule has 0 atom stereocenters. The fraction of sp³-hybridized carbons (Fsp3) is 0.375. The molecule has 0 spiro atoms. The maximum Gasteiger partial charge on any atom is 0.311 e. The normalized spacial score (nSPS) is 14.9. The first kappa shape index (κ1) is 15.2. The molecule has 7 nitrogen and oxygen atoms in total. The van der Waals surface area contributed by atoms with Crippen LogP contribution in [0.2, 0.25) is 0 Å². The van der Waals surface area contributed by atoms with Gasteiger partial charge < -0.3 is 14.2 Å². The van der Waals surface area contributed by atoms with Gasteiger partial charge in [0.2, 0.25) is 5.89 Å². The SMILES string of the molecule is Cc1nnc(C(=O)N2CCN(C(=O)c3ccccc3C)CC2)o1. The van der Waals surface area contributed by atoms with E-state index < -0.39 is 0 Å². The molecule has 1 aromatic heterocycles. The quantitative estimate of drug-likeness (QED) is 0.834. The van der Waals surface area contributed by atoms with Crippen LogP contribution in [0.1, 0.15) is 32.5 Å². The van der Waals surface area contributed by atoms with Crippen LogP contribution in [0.4, 0.5) is 0 Å². The van der Waals surface area contributed by atoms with Crippen LogP contribution in [0.25, 0.3) is 0 Å². The zero-order chi connectivity index (χ0) is 16.4. The molecular weight excluding hydrogens is 296 g/mol. The molecule has 120 valence electrons. The van der Waals surface area contributed by atoms with Gasteiger partial charge in [0.05, 0.1) is 0 Å². The maximum absolute atomic E-state index is 12.6. The molecule has 3 rings (SSSR count). The second kappa shape index (κ2) is 6.20. The summed E-state index contributed by atoms with van der Waals surface area (Å²) < 4.78 is 5.16. The minimum atomic E-state index is -0.284. The van der Waals surface area contributed by atoms with Crippen LogP contribution in [-0.2, 0) is 0 Å². The molecule has 0 unspecified atom stereocenters. The molecule has 1 saturated heterocycles. The Hall–Kier alpha value is -2.70. The van der Waals surface area contributed by atoms with E-state index in [1.165, 1.54) is 0 Å². The van der Waals surface area contributed by atoms with Crippen molar-refractivity contribution in [3.8, 4) is 0 Å². The van der Waals surface area contributed by atoms with E-state index in [2.05, 4.69) is 10.2 Å². The highest BCUT2D eigenvalue weighted by Gasteiger charge is 2.28. The van der Waals surface area contributed by atoms with E-state index >= 15 is 0 Å². The molecule has 2 aromatic rings. The first-order valence-corrected chi connectivity index (χ1v) is 7.50. The largest absolute Gasteiger partial charge is 0.417 e. The van der Waals surface area contributed by atoms with Crippen molar-refractivity contribution < 1.29 is 14.0 Å². The molecule has 0 saturated carbocycles. The molecule has 7 heteroatoms. The number of piperazine rings is 1. The lowest BCUT2D eigenvalue weighted by Crippen LogP contribution is -2.50. The second-order valence-electron chi connectivity index (χ2n) is 5.53. The minimum absolute atomic E-state index is 0.00109. The van der Waals surface area contributed by atoms with Gasteiger partial charge in [-0.05, 0) is 18.6 Å². The first-order chi connectivity index (χ1) is 11.1. The molecule has 0 N–H and O–H groups in total. The summed E-state index contributed by atoms with van der Waals surface area (Å²) in [5.74, 6) is 0.0836. The van der Waals surface area contributed by atoms with E-state index in [0.29, 0.717) is 37.6 Å². The summed E-state index contributed by atoms with van der Waals surface area (Å²) in [4.78, 5) is 28.2. The molecule has 2 amide bonds. The Bertz CT molecular complexity index is 732. The number of carbonyl (C=O) groups is 2. The number of carbonyl (C=O) groups excluding carboxylic acids is 2. The average molecular weight is 314 g/mol. The van der Waals surface area contributed by atoms with Crippen LogP contribution in [0.5, 0.6) is 0 Å². The Balaban J connectivity index is 1.63. The van der Waals surface area contributed by atoms with E-state index in [0.717, 1.165) is 5.56 Å². The zero-order valence-corrected chi connectivity index (χ0v) is 13.2. The number of aryl methyl sites for hydroxylation is 2. The van der Waals surface area contributed by atoms with E-state index in [1.807, 2.05) is 31.2 Å². The van der Waals surface area contributed by atoms with Crippen LogP contribution >= 0.6 is 0 Å². The number of benzene rings is 1. The monoisotopic (exact) mass is 314 g/mol. The van der Waals surface area contributed by atoms with Gasteiger partial charge in [0.25, 0.3) is 5.91 Å². The average Bonchev–Trinajstić information content (AvgIpc) is 3.01. The van der Waals surface area contributed by atoms with Crippen LogP contribution in [-0.4, -0.2) is 58.0 Å². The van der Waals surface area contributed by atoms with Gasteiger partial charge in [-0.15, -0.1) is 10.2 Å². The Morgan fingerprint density at radius 3 is 2.13 bits per heavy atom. The standard InChI is InChI=1S/C16H18N4O3/c1-11-5-3-4-6-13(11)15(21)19-7-9-20(10-8-19)16(22)14-18-17-12(2)23-14/h3-6H,7-10H2,1-2H3. The van der Waals surface area contributed by atoms with Gasteiger partial charge >= 0.3 is 11.8 Å². The fourth-order valence-corrected chi connectivity index (χ4v) is 2.61. The molecule has 0 aliphatic carbocycles. The van der Waals surface area contributed by atoms with Crippen molar-refractivity contribution in [2.75, 3.05) is 26.2 Å². The Morgan fingerprint density at radius 1 is 0.957 bits per heavy atom. The van der Waals surface area contributed by atoms with Crippen molar-refractivity contribution in [2.45, 2.75) is 13.8 Å². The van der Waals surface area contributed by atoms with Crippen molar-refractivity contribution in [3.05, 3.63) is 47.2 Å². The fourth-order valence-electron chi connectivity index (χ4n) is 2.61. The van der Waals surface area contributed by atoms with Gasteiger partial charge in [-0.1, -0.05) is 18.2 Å². The molecule has 2 heterocycles. The Morgan fingerprint density at radius 2 is 1.57 bits per heavy atom. The molecule has 23 heavy (non-hydrogen) atoms. The van der Waals surface area contributed by atoms with E-state index in [-0.39, 0.29) is 17.7 Å². The highest BCUT2D eigenvalue weighted by molar-refractivity contribution is 5.96. The van der Waals surface area contributed by atoms with Crippen molar-refractivity contribution in [1.29, 1.82) is 0 Å². The minimum Gasteiger partial charge on any atom is -0.417 e. The van der Waals surface area contributed by atoms with Gasteiger partial charge in [0, 0.05) is 38.7 Å². The summed E-state index contributed by atoms with van der Waals surface area (Å²) >= 11 is 0. The van der Waals surface area contributed by atoms with E-state index in [4.69, 9.17) is 4.42 Å². The van der Waals surface area contributed by atoms with E-state index in [9.17, 15) is 9.59 Å². The number of rotatable bonds is 2. The molecule has 1 aromatic carbocycles. The van der Waals surface area contributed by atoms with Gasteiger partial charge in [-0.3, -0.25) is 9.59 Å². The lowest BCUT2D eigenvalue weighted by atomic mass is 10.1. The molecule has 1 aliphatic heterocycles. The van der Waals surface area contributed by atoms with Crippen molar-refractivity contribution in [1.82, 2.24) is 20.0 Å². The lowest BCUT2D eigenvalue weighted by Gasteiger charge is -2.34. The third-order valence-electron chi connectivity index (χ3n) is 3.94. The summed E-state index contributed by atoms with van der Waals surface area (Å²) in [6, 6.07) is 7.52. The highest BCUT2D eigenvalue weighted by atomic mass is 16.4. The predicted molar refractivity (Wildman–Crippen MR) is 82.0 cm³/mol. The summed E-state index contributed by atoms with van der Waals surface area (Å²) in [5, 5.41) is 7.41. The van der Waals surface area contributed by atoms with Crippen LogP contribution < -0.4 is 0 Å².